The summed E-state index contributed by atoms with van der Waals surface area (Å²) >= 11 is 24.1. The average molecular weight is 408 g/mol. The Morgan fingerprint density at radius 2 is 1.36 bits per heavy atom. The molecule has 0 N–H and O–H groups in total. The van der Waals surface area contributed by atoms with E-state index in [2.05, 4.69) is 11.1 Å². The fourth-order valence-electron chi connectivity index (χ4n) is 2.47. The number of pyridine rings is 1. The van der Waals surface area contributed by atoms with E-state index in [1.54, 1.807) is 30.5 Å². The quantitative estimate of drug-likeness (QED) is 0.464. The first-order valence-electron chi connectivity index (χ1n) is 7.26. The summed E-state index contributed by atoms with van der Waals surface area (Å²) < 4.78 is 0. The molecule has 0 saturated heterocycles. The molecule has 0 aliphatic carbocycles. The van der Waals surface area contributed by atoms with Crippen LogP contribution in [0.15, 0.2) is 48.7 Å². The molecule has 124 valence electrons. The summed E-state index contributed by atoms with van der Waals surface area (Å²) in [5.74, 6) is 0. The fraction of sp³-hybridized carbons (Fsp3) is 0.0526. The summed E-state index contributed by atoms with van der Waals surface area (Å²) in [6.07, 6.45) is 1.95. The Hall–Kier alpha value is -1.76. The minimum Gasteiger partial charge on any atom is -0.255 e. The zero-order valence-electron chi connectivity index (χ0n) is 12.7. The Balaban J connectivity index is 2.10. The third-order valence-corrected chi connectivity index (χ3v) is 5.16. The van der Waals surface area contributed by atoms with Crippen molar-refractivity contribution in [2.24, 2.45) is 0 Å². The summed E-state index contributed by atoms with van der Waals surface area (Å²) in [6.45, 7) is 0. The van der Waals surface area contributed by atoms with Gasteiger partial charge in [0.15, 0.2) is 0 Å². The van der Waals surface area contributed by atoms with Gasteiger partial charge in [-0.1, -0.05) is 58.5 Å². The SMILES string of the molecule is N#CCc1cc(-c2ccc(Cl)c(Cl)c2)cnc1-c1ccc(Cl)c(Cl)c1. The molecule has 0 atom stereocenters. The van der Waals surface area contributed by atoms with E-state index >= 15 is 0 Å². The second-order valence-electron chi connectivity index (χ2n) is 5.32. The number of rotatable bonds is 3. The molecule has 2 nitrogen and oxygen atoms in total. The van der Waals surface area contributed by atoms with E-state index in [1.165, 1.54) is 0 Å². The van der Waals surface area contributed by atoms with Crippen molar-refractivity contribution in [1.82, 2.24) is 4.98 Å². The van der Waals surface area contributed by atoms with Crippen LogP contribution < -0.4 is 0 Å². The topological polar surface area (TPSA) is 36.7 Å². The summed E-state index contributed by atoms with van der Waals surface area (Å²) in [7, 11) is 0. The van der Waals surface area contributed by atoms with E-state index in [-0.39, 0.29) is 6.42 Å². The first-order chi connectivity index (χ1) is 12.0. The fourth-order valence-corrected chi connectivity index (χ4v) is 3.06. The lowest BCUT2D eigenvalue weighted by Gasteiger charge is -2.11. The largest absolute Gasteiger partial charge is 0.255 e. The molecule has 0 bridgehead atoms. The van der Waals surface area contributed by atoms with Gasteiger partial charge in [0.25, 0.3) is 0 Å². The summed E-state index contributed by atoms with van der Waals surface area (Å²) in [5.41, 5.74) is 4.03. The van der Waals surface area contributed by atoms with Crippen LogP contribution in [0.5, 0.6) is 0 Å². The highest BCUT2D eigenvalue weighted by Crippen LogP contribution is 2.33. The number of nitriles is 1. The lowest BCUT2D eigenvalue weighted by Crippen LogP contribution is -1.94. The van der Waals surface area contributed by atoms with Crippen LogP contribution in [-0.2, 0) is 6.42 Å². The number of hydrogen-bond donors (Lipinski definition) is 0. The number of aromatic nitrogens is 1. The van der Waals surface area contributed by atoms with Gasteiger partial charge in [0.05, 0.1) is 38.3 Å². The maximum absolute atomic E-state index is 9.17. The Kier molecular flexibility index (Phi) is 5.51. The molecular weight excluding hydrogens is 398 g/mol. The lowest BCUT2D eigenvalue weighted by molar-refractivity contribution is 1.20. The first-order valence-corrected chi connectivity index (χ1v) is 8.77. The van der Waals surface area contributed by atoms with Gasteiger partial charge < -0.3 is 0 Å². The molecule has 0 fully saturated rings. The number of hydrogen-bond acceptors (Lipinski definition) is 2. The van der Waals surface area contributed by atoms with Crippen molar-refractivity contribution < 1.29 is 0 Å². The zero-order valence-corrected chi connectivity index (χ0v) is 15.8. The zero-order chi connectivity index (χ0) is 18.0. The van der Waals surface area contributed by atoms with Gasteiger partial charge in [-0.25, -0.2) is 0 Å². The maximum Gasteiger partial charge on any atom is 0.0745 e. The summed E-state index contributed by atoms with van der Waals surface area (Å²) in [5, 5.41) is 11.0. The van der Waals surface area contributed by atoms with Crippen LogP contribution in [0.2, 0.25) is 20.1 Å². The number of nitrogens with zero attached hydrogens (tertiary/aromatic N) is 2. The van der Waals surface area contributed by atoms with Gasteiger partial charge in [-0.3, -0.25) is 4.98 Å². The summed E-state index contributed by atoms with van der Waals surface area (Å²) in [6, 6.07) is 14.7. The van der Waals surface area contributed by atoms with Crippen molar-refractivity contribution in [3.63, 3.8) is 0 Å². The highest BCUT2D eigenvalue weighted by Gasteiger charge is 2.11. The predicted molar refractivity (Wildman–Crippen MR) is 104 cm³/mol. The van der Waals surface area contributed by atoms with Crippen LogP contribution in [0, 0.1) is 11.3 Å². The van der Waals surface area contributed by atoms with Gasteiger partial charge in [-0.15, -0.1) is 0 Å². The molecule has 0 radical (unpaired) electrons. The molecule has 1 heterocycles. The third kappa shape index (κ3) is 3.92. The van der Waals surface area contributed by atoms with E-state index in [9.17, 15) is 0 Å². The first kappa shape index (κ1) is 18.0. The van der Waals surface area contributed by atoms with E-state index in [0.717, 1.165) is 22.3 Å². The minimum absolute atomic E-state index is 0.220. The standard InChI is InChI=1S/C19H10Cl4N2/c20-15-3-1-11(8-17(15)22)14-7-13(5-6-24)19(25-10-14)12-2-4-16(21)18(23)9-12/h1-4,7-10H,5H2. The van der Waals surface area contributed by atoms with Crippen molar-refractivity contribution in [3.8, 4) is 28.5 Å². The number of benzene rings is 2. The predicted octanol–water partition coefficient (Wildman–Crippen LogP) is 7.10. The van der Waals surface area contributed by atoms with Crippen LogP contribution in [0.4, 0.5) is 0 Å². The Bertz CT molecular complexity index is 993. The molecule has 0 spiro atoms. The van der Waals surface area contributed by atoms with Crippen LogP contribution in [0.3, 0.4) is 0 Å². The second kappa shape index (κ2) is 7.64. The van der Waals surface area contributed by atoms with Crippen LogP contribution in [0.1, 0.15) is 5.56 Å². The van der Waals surface area contributed by atoms with E-state index in [0.29, 0.717) is 25.8 Å². The molecule has 0 aliphatic rings. The van der Waals surface area contributed by atoms with Crippen LogP contribution >= 0.6 is 46.4 Å². The normalized spacial score (nSPS) is 10.5. The molecule has 0 amide bonds. The highest BCUT2D eigenvalue weighted by atomic mass is 35.5. The van der Waals surface area contributed by atoms with Crippen molar-refractivity contribution in [3.05, 3.63) is 74.3 Å². The van der Waals surface area contributed by atoms with Gasteiger partial charge in [-0.05, 0) is 41.5 Å². The summed E-state index contributed by atoms with van der Waals surface area (Å²) in [4.78, 5) is 4.54. The monoisotopic (exact) mass is 406 g/mol. The molecule has 3 rings (SSSR count). The molecule has 0 unspecified atom stereocenters. The van der Waals surface area contributed by atoms with Gasteiger partial charge in [0.1, 0.15) is 0 Å². The van der Waals surface area contributed by atoms with Crippen molar-refractivity contribution in [2.45, 2.75) is 6.42 Å². The molecule has 6 heteroatoms. The van der Waals surface area contributed by atoms with Crippen LogP contribution in [0.25, 0.3) is 22.4 Å². The smallest absolute Gasteiger partial charge is 0.0745 e. The van der Waals surface area contributed by atoms with E-state index < -0.39 is 0 Å². The molecule has 3 aromatic rings. The van der Waals surface area contributed by atoms with Gasteiger partial charge >= 0.3 is 0 Å². The Labute approximate surface area is 165 Å². The second-order valence-corrected chi connectivity index (χ2v) is 6.95. The minimum atomic E-state index is 0.220. The average Bonchev–Trinajstić information content (AvgIpc) is 2.60. The molecule has 25 heavy (non-hydrogen) atoms. The van der Waals surface area contributed by atoms with Crippen LogP contribution in [-0.4, -0.2) is 4.98 Å². The van der Waals surface area contributed by atoms with Gasteiger partial charge in [0.2, 0.25) is 0 Å². The maximum atomic E-state index is 9.17. The van der Waals surface area contributed by atoms with E-state index in [1.807, 2.05) is 18.2 Å². The molecular formula is C19H10Cl4N2. The van der Waals surface area contributed by atoms with E-state index in [4.69, 9.17) is 51.7 Å². The molecule has 0 aliphatic heterocycles. The van der Waals surface area contributed by atoms with Gasteiger partial charge in [0, 0.05) is 17.3 Å². The third-order valence-electron chi connectivity index (χ3n) is 3.68. The van der Waals surface area contributed by atoms with Crippen molar-refractivity contribution in [1.29, 1.82) is 5.26 Å². The van der Waals surface area contributed by atoms with Crippen molar-refractivity contribution in [2.75, 3.05) is 0 Å². The Morgan fingerprint density at radius 1 is 0.760 bits per heavy atom. The lowest BCUT2D eigenvalue weighted by atomic mass is 9.99. The van der Waals surface area contributed by atoms with Gasteiger partial charge in [-0.2, -0.15) is 5.26 Å². The highest BCUT2D eigenvalue weighted by molar-refractivity contribution is 6.42. The number of halogens is 4. The molecule has 0 saturated carbocycles. The Morgan fingerprint density at radius 3 is 1.96 bits per heavy atom. The molecule has 1 aromatic heterocycles. The molecule has 2 aromatic carbocycles. The van der Waals surface area contributed by atoms with Crippen molar-refractivity contribution >= 4 is 46.4 Å².